The summed E-state index contributed by atoms with van der Waals surface area (Å²) in [5, 5.41) is 13.6. The Balaban J connectivity index is 1.13. The van der Waals surface area contributed by atoms with Gasteiger partial charge in [-0.3, -0.25) is 0 Å². The van der Waals surface area contributed by atoms with E-state index in [0.29, 0.717) is 36.4 Å². The lowest BCUT2D eigenvalue weighted by molar-refractivity contribution is 0.00413. The monoisotopic (exact) mass is 502 g/mol. The predicted molar refractivity (Wildman–Crippen MR) is 136 cm³/mol. The van der Waals surface area contributed by atoms with Crippen LogP contribution in [0.2, 0.25) is 0 Å². The molecule has 1 aliphatic heterocycles. The van der Waals surface area contributed by atoms with Crippen molar-refractivity contribution >= 4 is 17.1 Å². The molecule has 9 nitrogen and oxygen atoms in total. The smallest absolute Gasteiger partial charge is 0.410 e. The quantitative estimate of drug-likeness (QED) is 0.449. The third kappa shape index (κ3) is 4.58. The molecule has 1 amide bonds. The van der Waals surface area contributed by atoms with Crippen molar-refractivity contribution in [3.63, 3.8) is 0 Å². The van der Waals surface area contributed by atoms with E-state index in [1.165, 1.54) is 12.8 Å². The summed E-state index contributed by atoms with van der Waals surface area (Å²) in [6, 6.07) is 7.81. The highest BCUT2D eigenvalue weighted by Crippen LogP contribution is 2.42. The fraction of sp³-hybridized carbons (Fsp3) is 0.607. The first-order valence-electron chi connectivity index (χ1n) is 13.5. The largest absolute Gasteiger partial charge is 0.441 e. The summed E-state index contributed by atoms with van der Waals surface area (Å²) < 4.78 is 13.9. The van der Waals surface area contributed by atoms with Crippen molar-refractivity contribution in [1.82, 2.24) is 24.6 Å². The average Bonchev–Trinajstić information content (AvgIpc) is 3.67. The SMILES string of the molecule is CC(C)(CN1CC2(CCCC(Cn3cnc4ccc(C#N)cc43)C2)OC1=O)c1nc(C2CCCC2)no1. The van der Waals surface area contributed by atoms with Gasteiger partial charge in [0.2, 0.25) is 5.89 Å². The van der Waals surface area contributed by atoms with Gasteiger partial charge in [-0.1, -0.05) is 18.0 Å². The Bertz CT molecular complexity index is 1350. The number of ether oxygens (including phenoxy) is 1. The first kappa shape index (κ1) is 24.0. The van der Waals surface area contributed by atoms with Crippen molar-refractivity contribution in [3.8, 4) is 6.07 Å². The maximum atomic E-state index is 13.0. The minimum Gasteiger partial charge on any atom is -0.441 e. The zero-order valence-corrected chi connectivity index (χ0v) is 21.7. The van der Waals surface area contributed by atoms with Gasteiger partial charge < -0.3 is 18.7 Å². The van der Waals surface area contributed by atoms with Gasteiger partial charge in [0.1, 0.15) is 5.60 Å². The number of carbonyl (C=O) groups is 1. The Hall–Kier alpha value is -3.41. The molecule has 3 aromatic rings. The number of nitrogens with zero attached hydrogens (tertiary/aromatic N) is 6. The van der Waals surface area contributed by atoms with Gasteiger partial charge in [0.05, 0.1) is 41.0 Å². The third-order valence-corrected chi connectivity index (χ3v) is 8.48. The van der Waals surface area contributed by atoms with Crippen molar-refractivity contribution in [2.75, 3.05) is 13.1 Å². The van der Waals surface area contributed by atoms with Crippen molar-refractivity contribution in [1.29, 1.82) is 5.26 Å². The fourth-order valence-electron chi connectivity index (χ4n) is 6.60. The second kappa shape index (κ2) is 9.16. The topological polar surface area (TPSA) is 110 Å². The summed E-state index contributed by atoms with van der Waals surface area (Å²) in [6.45, 7) is 5.97. The van der Waals surface area contributed by atoms with E-state index in [0.717, 1.165) is 61.9 Å². The molecule has 2 saturated carbocycles. The first-order chi connectivity index (χ1) is 17.8. The van der Waals surface area contributed by atoms with E-state index in [4.69, 9.17) is 14.2 Å². The number of hydrogen-bond acceptors (Lipinski definition) is 7. The molecule has 0 N–H and O–H groups in total. The van der Waals surface area contributed by atoms with E-state index >= 15 is 0 Å². The number of imidazole rings is 1. The van der Waals surface area contributed by atoms with Gasteiger partial charge in [0.15, 0.2) is 5.82 Å². The van der Waals surface area contributed by atoms with Gasteiger partial charge in [-0.25, -0.2) is 9.78 Å². The Morgan fingerprint density at radius 1 is 1.22 bits per heavy atom. The Kier molecular flexibility index (Phi) is 5.93. The molecule has 3 aliphatic rings. The number of carbonyl (C=O) groups excluding carboxylic acids is 1. The summed E-state index contributed by atoms with van der Waals surface area (Å²) >= 11 is 0. The molecule has 2 aliphatic carbocycles. The fourth-order valence-corrected chi connectivity index (χ4v) is 6.60. The van der Waals surface area contributed by atoms with Crippen LogP contribution in [0.5, 0.6) is 0 Å². The molecule has 0 radical (unpaired) electrons. The van der Waals surface area contributed by atoms with Gasteiger partial charge in [-0.15, -0.1) is 0 Å². The number of hydrogen-bond donors (Lipinski definition) is 0. The summed E-state index contributed by atoms with van der Waals surface area (Å²) in [4.78, 5) is 24.1. The van der Waals surface area contributed by atoms with E-state index in [1.807, 2.05) is 23.4 Å². The van der Waals surface area contributed by atoms with Crippen LogP contribution in [-0.4, -0.2) is 49.4 Å². The first-order valence-corrected chi connectivity index (χ1v) is 13.5. The molecule has 1 spiro atoms. The maximum absolute atomic E-state index is 13.0. The molecule has 2 unspecified atom stereocenters. The van der Waals surface area contributed by atoms with E-state index in [9.17, 15) is 10.1 Å². The van der Waals surface area contributed by atoms with E-state index in [-0.39, 0.29) is 6.09 Å². The lowest BCUT2D eigenvalue weighted by atomic mass is 9.77. The van der Waals surface area contributed by atoms with Crippen molar-refractivity contribution in [2.45, 2.75) is 88.7 Å². The second-order valence-electron chi connectivity index (χ2n) is 11.9. The number of amides is 1. The van der Waals surface area contributed by atoms with Gasteiger partial charge in [-0.05, 0) is 76.5 Å². The van der Waals surface area contributed by atoms with Crippen LogP contribution in [0.3, 0.4) is 0 Å². The molecule has 6 rings (SSSR count). The zero-order chi connectivity index (χ0) is 25.6. The maximum Gasteiger partial charge on any atom is 0.410 e. The molecule has 37 heavy (non-hydrogen) atoms. The molecule has 3 heterocycles. The highest BCUT2D eigenvalue weighted by atomic mass is 16.6. The molecule has 3 fully saturated rings. The van der Waals surface area contributed by atoms with Crippen LogP contribution in [0.4, 0.5) is 4.79 Å². The zero-order valence-electron chi connectivity index (χ0n) is 21.7. The molecule has 194 valence electrons. The van der Waals surface area contributed by atoms with Crippen molar-refractivity contribution < 1.29 is 14.1 Å². The van der Waals surface area contributed by atoms with Gasteiger partial charge >= 0.3 is 6.09 Å². The van der Waals surface area contributed by atoms with Crippen LogP contribution in [0.1, 0.15) is 88.4 Å². The molecular formula is C28H34N6O3. The van der Waals surface area contributed by atoms with Crippen molar-refractivity contribution in [2.24, 2.45) is 5.92 Å². The van der Waals surface area contributed by atoms with Crippen LogP contribution in [0, 0.1) is 17.2 Å². The highest BCUT2D eigenvalue weighted by molar-refractivity contribution is 5.77. The number of benzene rings is 1. The number of rotatable bonds is 6. The Morgan fingerprint density at radius 3 is 2.86 bits per heavy atom. The molecule has 1 saturated heterocycles. The van der Waals surface area contributed by atoms with Crippen LogP contribution in [0.25, 0.3) is 11.0 Å². The molecular weight excluding hydrogens is 468 g/mol. The normalized spacial score (nSPS) is 24.7. The third-order valence-electron chi connectivity index (χ3n) is 8.48. The standard InChI is InChI=1S/C28H34N6O3/c1-27(2,25-31-24(32-37-25)21-7-3-4-8-21)16-34-17-28(36-26(34)35)11-5-6-20(13-28)15-33-18-30-22-10-9-19(14-29)12-23(22)33/h9-10,12,18,20-21H,3-8,11,13,15-17H2,1-2H3. The van der Waals surface area contributed by atoms with Crippen LogP contribution < -0.4 is 0 Å². The number of nitriles is 1. The lowest BCUT2D eigenvalue weighted by Crippen LogP contribution is -2.43. The minimum absolute atomic E-state index is 0.254. The number of aromatic nitrogens is 4. The van der Waals surface area contributed by atoms with Crippen LogP contribution in [0.15, 0.2) is 29.0 Å². The predicted octanol–water partition coefficient (Wildman–Crippen LogP) is 5.31. The summed E-state index contributed by atoms with van der Waals surface area (Å²) in [6.07, 6.45) is 10.1. The highest BCUT2D eigenvalue weighted by Gasteiger charge is 2.49. The summed E-state index contributed by atoms with van der Waals surface area (Å²) in [7, 11) is 0. The van der Waals surface area contributed by atoms with E-state index < -0.39 is 11.0 Å². The summed E-state index contributed by atoms with van der Waals surface area (Å²) in [5.74, 6) is 2.16. The molecule has 2 atom stereocenters. The van der Waals surface area contributed by atoms with Gasteiger partial charge in [0.25, 0.3) is 0 Å². The van der Waals surface area contributed by atoms with Crippen LogP contribution in [-0.2, 0) is 16.7 Å². The van der Waals surface area contributed by atoms with E-state index in [1.54, 1.807) is 6.07 Å². The van der Waals surface area contributed by atoms with Crippen molar-refractivity contribution in [3.05, 3.63) is 41.8 Å². The van der Waals surface area contributed by atoms with E-state index in [2.05, 4.69) is 34.6 Å². The van der Waals surface area contributed by atoms with Crippen LogP contribution >= 0.6 is 0 Å². The average molecular weight is 503 g/mol. The molecule has 9 heteroatoms. The van der Waals surface area contributed by atoms with Gasteiger partial charge in [-0.2, -0.15) is 10.2 Å². The summed E-state index contributed by atoms with van der Waals surface area (Å²) in [5.41, 5.74) is 1.57. The number of fused-ring (bicyclic) bond motifs is 1. The molecule has 1 aromatic carbocycles. The van der Waals surface area contributed by atoms with Gasteiger partial charge in [0, 0.05) is 19.0 Å². The molecule has 0 bridgehead atoms. The molecule has 2 aromatic heterocycles. The lowest BCUT2D eigenvalue weighted by Gasteiger charge is -2.36. The Labute approximate surface area is 216 Å². The Morgan fingerprint density at radius 2 is 2.05 bits per heavy atom. The minimum atomic E-state index is -0.464. The second-order valence-corrected chi connectivity index (χ2v) is 11.9.